The van der Waals surface area contributed by atoms with Gasteiger partial charge in [0.05, 0.1) is 5.69 Å². The minimum atomic E-state index is 0.218. The van der Waals surface area contributed by atoms with E-state index in [2.05, 4.69) is 30.2 Å². The summed E-state index contributed by atoms with van der Waals surface area (Å²) in [5.41, 5.74) is 2.28. The molecule has 0 saturated carbocycles. The number of hydrogen-bond donors (Lipinski definition) is 1. The maximum atomic E-state index is 5.57. The Labute approximate surface area is 108 Å². The molecule has 2 atom stereocenters. The van der Waals surface area contributed by atoms with Gasteiger partial charge in [0.25, 0.3) is 0 Å². The Kier molecular flexibility index (Phi) is 3.82. The maximum Gasteiger partial charge on any atom is 0.105 e. The molecule has 18 heavy (non-hydrogen) atoms. The molecule has 2 heterocycles. The molecule has 0 aliphatic rings. The Bertz CT molecular complexity index is 504. The number of aryl methyl sites for hydroxylation is 2. The van der Waals surface area contributed by atoms with Crippen LogP contribution in [0, 0.1) is 13.8 Å². The molecule has 96 valence electrons. The Balaban J connectivity index is 2.08. The summed E-state index contributed by atoms with van der Waals surface area (Å²) >= 11 is 0. The van der Waals surface area contributed by atoms with Crippen LogP contribution in [0.4, 0.5) is 0 Å². The van der Waals surface area contributed by atoms with Crippen LogP contribution in [0.5, 0.6) is 0 Å². The van der Waals surface area contributed by atoms with Gasteiger partial charge in [-0.25, -0.2) is 0 Å². The summed E-state index contributed by atoms with van der Waals surface area (Å²) in [7, 11) is 0. The third-order valence-electron chi connectivity index (χ3n) is 3.18. The average Bonchev–Trinajstić information content (AvgIpc) is 2.69. The van der Waals surface area contributed by atoms with Crippen molar-refractivity contribution < 1.29 is 4.42 Å². The molecule has 0 bridgehead atoms. The second-order valence-corrected chi connectivity index (χ2v) is 4.73. The number of nitrogens with one attached hydrogen (secondary N) is 1. The molecule has 0 aromatic carbocycles. The van der Waals surface area contributed by atoms with Crippen LogP contribution in [-0.4, -0.2) is 4.98 Å². The first-order valence-electron chi connectivity index (χ1n) is 6.32. The molecule has 0 aliphatic carbocycles. The van der Waals surface area contributed by atoms with Crippen molar-refractivity contribution in [2.24, 2.45) is 0 Å². The fourth-order valence-corrected chi connectivity index (χ4v) is 2.26. The maximum absolute atomic E-state index is 5.57. The van der Waals surface area contributed by atoms with Gasteiger partial charge >= 0.3 is 0 Å². The summed E-state index contributed by atoms with van der Waals surface area (Å²) in [6, 6.07) is 8.55. The Morgan fingerprint density at radius 1 is 1.17 bits per heavy atom. The predicted molar refractivity (Wildman–Crippen MR) is 72.4 cm³/mol. The van der Waals surface area contributed by atoms with Gasteiger partial charge in [0, 0.05) is 23.8 Å². The Morgan fingerprint density at radius 3 is 2.50 bits per heavy atom. The molecule has 3 nitrogen and oxygen atoms in total. The lowest BCUT2D eigenvalue weighted by atomic mass is 10.1. The monoisotopic (exact) mass is 244 g/mol. The van der Waals surface area contributed by atoms with Crippen LogP contribution in [0.2, 0.25) is 0 Å². The molecule has 2 unspecified atom stereocenters. The molecule has 0 spiro atoms. The number of hydrogen-bond acceptors (Lipinski definition) is 3. The van der Waals surface area contributed by atoms with E-state index in [1.807, 2.05) is 38.2 Å². The first-order chi connectivity index (χ1) is 8.58. The SMILES string of the molecule is Cc1cc(C(C)NC(C)c2ccccn2)c(C)o1. The number of furan rings is 1. The van der Waals surface area contributed by atoms with Gasteiger partial charge in [-0.15, -0.1) is 0 Å². The standard InChI is InChI=1S/C15H20N2O/c1-10-9-14(13(4)18-10)11(2)17-12(3)15-7-5-6-8-16-15/h5-9,11-12,17H,1-4H3. The number of rotatable bonds is 4. The van der Waals surface area contributed by atoms with Crippen LogP contribution < -0.4 is 5.32 Å². The smallest absolute Gasteiger partial charge is 0.105 e. The molecule has 0 amide bonds. The van der Waals surface area contributed by atoms with Gasteiger partial charge in [0.1, 0.15) is 11.5 Å². The second kappa shape index (κ2) is 5.36. The zero-order chi connectivity index (χ0) is 13.1. The van der Waals surface area contributed by atoms with Crippen LogP contribution in [0.25, 0.3) is 0 Å². The lowest BCUT2D eigenvalue weighted by Gasteiger charge is -2.19. The zero-order valence-corrected chi connectivity index (χ0v) is 11.4. The zero-order valence-electron chi connectivity index (χ0n) is 11.4. The Morgan fingerprint density at radius 2 is 1.94 bits per heavy atom. The second-order valence-electron chi connectivity index (χ2n) is 4.73. The molecule has 0 aliphatic heterocycles. The highest BCUT2D eigenvalue weighted by Gasteiger charge is 2.15. The van der Waals surface area contributed by atoms with Gasteiger partial charge < -0.3 is 9.73 Å². The predicted octanol–water partition coefficient (Wildman–Crippen LogP) is 3.70. The largest absolute Gasteiger partial charge is 0.466 e. The summed E-state index contributed by atoms with van der Waals surface area (Å²) < 4.78 is 5.57. The van der Waals surface area contributed by atoms with E-state index in [9.17, 15) is 0 Å². The van der Waals surface area contributed by atoms with Crippen LogP contribution >= 0.6 is 0 Å². The number of nitrogens with zero attached hydrogens (tertiary/aromatic N) is 1. The summed E-state index contributed by atoms with van der Waals surface area (Å²) in [5, 5.41) is 3.54. The summed E-state index contributed by atoms with van der Waals surface area (Å²) in [6.45, 7) is 8.26. The molecule has 0 fully saturated rings. The quantitative estimate of drug-likeness (QED) is 0.891. The van der Waals surface area contributed by atoms with Gasteiger partial charge in [0.2, 0.25) is 0 Å². The lowest BCUT2D eigenvalue weighted by molar-refractivity contribution is 0.464. The van der Waals surface area contributed by atoms with Crippen molar-refractivity contribution in [3.8, 4) is 0 Å². The Hall–Kier alpha value is -1.61. The minimum absolute atomic E-state index is 0.218. The highest BCUT2D eigenvalue weighted by Crippen LogP contribution is 2.23. The average molecular weight is 244 g/mol. The van der Waals surface area contributed by atoms with E-state index >= 15 is 0 Å². The molecule has 2 aromatic heterocycles. The van der Waals surface area contributed by atoms with Crippen molar-refractivity contribution in [2.45, 2.75) is 39.8 Å². The van der Waals surface area contributed by atoms with Crippen molar-refractivity contribution in [3.05, 3.63) is 53.2 Å². The van der Waals surface area contributed by atoms with E-state index in [0.717, 1.165) is 17.2 Å². The fraction of sp³-hybridized carbons (Fsp3) is 0.400. The molecule has 0 radical (unpaired) electrons. The van der Waals surface area contributed by atoms with E-state index < -0.39 is 0 Å². The van der Waals surface area contributed by atoms with Gasteiger partial charge in [0.15, 0.2) is 0 Å². The van der Waals surface area contributed by atoms with E-state index in [1.165, 1.54) is 5.56 Å². The summed E-state index contributed by atoms with van der Waals surface area (Å²) in [5.74, 6) is 1.95. The highest BCUT2D eigenvalue weighted by molar-refractivity contribution is 5.24. The van der Waals surface area contributed by atoms with Gasteiger partial charge in [-0.1, -0.05) is 6.07 Å². The number of pyridine rings is 1. The molecular formula is C15H20N2O. The number of aromatic nitrogens is 1. The molecule has 3 heteroatoms. The van der Waals surface area contributed by atoms with Crippen molar-refractivity contribution in [3.63, 3.8) is 0 Å². The molecule has 2 rings (SSSR count). The first kappa shape index (κ1) is 12.8. The molecular weight excluding hydrogens is 224 g/mol. The van der Waals surface area contributed by atoms with Crippen LogP contribution in [0.1, 0.15) is 48.7 Å². The van der Waals surface area contributed by atoms with Gasteiger partial charge in [-0.3, -0.25) is 4.98 Å². The van der Waals surface area contributed by atoms with E-state index in [-0.39, 0.29) is 12.1 Å². The third kappa shape index (κ3) is 2.79. The molecule has 1 N–H and O–H groups in total. The van der Waals surface area contributed by atoms with Crippen molar-refractivity contribution >= 4 is 0 Å². The van der Waals surface area contributed by atoms with Crippen molar-refractivity contribution in [1.82, 2.24) is 10.3 Å². The van der Waals surface area contributed by atoms with E-state index in [1.54, 1.807) is 0 Å². The highest BCUT2D eigenvalue weighted by atomic mass is 16.3. The summed E-state index contributed by atoms with van der Waals surface area (Å²) in [4.78, 5) is 4.37. The van der Waals surface area contributed by atoms with Crippen LogP contribution in [0.15, 0.2) is 34.9 Å². The fourth-order valence-electron chi connectivity index (χ4n) is 2.26. The van der Waals surface area contributed by atoms with Crippen molar-refractivity contribution in [1.29, 1.82) is 0 Å². The van der Waals surface area contributed by atoms with Crippen LogP contribution in [-0.2, 0) is 0 Å². The third-order valence-corrected chi connectivity index (χ3v) is 3.18. The van der Waals surface area contributed by atoms with E-state index in [0.29, 0.717) is 0 Å². The van der Waals surface area contributed by atoms with Crippen LogP contribution in [0.3, 0.4) is 0 Å². The molecule has 0 saturated heterocycles. The minimum Gasteiger partial charge on any atom is -0.466 e. The lowest BCUT2D eigenvalue weighted by Crippen LogP contribution is -2.23. The first-order valence-corrected chi connectivity index (χ1v) is 6.32. The van der Waals surface area contributed by atoms with Gasteiger partial charge in [-0.2, -0.15) is 0 Å². The normalized spacial score (nSPS) is 14.4. The van der Waals surface area contributed by atoms with E-state index in [4.69, 9.17) is 4.42 Å². The van der Waals surface area contributed by atoms with Gasteiger partial charge in [-0.05, 0) is 45.9 Å². The topological polar surface area (TPSA) is 38.1 Å². The summed E-state index contributed by atoms with van der Waals surface area (Å²) in [6.07, 6.45) is 1.82. The van der Waals surface area contributed by atoms with Crippen molar-refractivity contribution in [2.75, 3.05) is 0 Å². The molecule has 2 aromatic rings.